The summed E-state index contributed by atoms with van der Waals surface area (Å²) < 4.78 is 33.2. The molecule has 1 N–H and O–H groups in total. The molecule has 168 valence electrons. The van der Waals surface area contributed by atoms with Crippen LogP contribution >= 0.6 is 11.6 Å². The first-order valence-corrected chi connectivity index (χ1v) is 11.9. The van der Waals surface area contributed by atoms with Crippen molar-refractivity contribution in [3.05, 3.63) is 88.9 Å². The largest absolute Gasteiger partial charge is 0.494 e. The van der Waals surface area contributed by atoms with Crippen molar-refractivity contribution in [3.63, 3.8) is 0 Å². The highest BCUT2D eigenvalue weighted by atomic mass is 35.5. The van der Waals surface area contributed by atoms with Crippen LogP contribution in [-0.2, 0) is 21.4 Å². The molecule has 3 rings (SSSR count). The normalized spacial score (nSPS) is 11.1. The maximum atomic E-state index is 13.4. The molecular weight excluding hydrogens is 448 g/mol. The Hall–Kier alpha value is -3.03. The minimum atomic E-state index is -3.98. The third-order valence-electron chi connectivity index (χ3n) is 4.70. The Bertz CT molecular complexity index is 1160. The molecule has 0 unspecified atom stereocenters. The van der Waals surface area contributed by atoms with Gasteiger partial charge in [0.2, 0.25) is 5.91 Å². The van der Waals surface area contributed by atoms with Crippen molar-refractivity contribution < 1.29 is 17.9 Å². The van der Waals surface area contributed by atoms with Gasteiger partial charge in [-0.2, -0.15) is 0 Å². The van der Waals surface area contributed by atoms with Gasteiger partial charge in [-0.05, 0) is 73.5 Å². The van der Waals surface area contributed by atoms with E-state index in [1.807, 2.05) is 44.2 Å². The van der Waals surface area contributed by atoms with Crippen LogP contribution < -0.4 is 14.4 Å². The van der Waals surface area contributed by atoms with Crippen LogP contribution in [0.5, 0.6) is 5.75 Å². The number of anilines is 1. The molecule has 3 aromatic carbocycles. The zero-order valence-electron chi connectivity index (χ0n) is 17.9. The second-order valence-electron chi connectivity index (χ2n) is 7.16. The van der Waals surface area contributed by atoms with Crippen LogP contribution in [0, 0.1) is 6.92 Å². The van der Waals surface area contributed by atoms with Crippen molar-refractivity contribution in [3.8, 4) is 5.75 Å². The second kappa shape index (κ2) is 10.5. The van der Waals surface area contributed by atoms with Crippen molar-refractivity contribution in [1.82, 2.24) is 5.32 Å². The molecule has 3 aromatic rings. The Labute approximate surface area is 193 Å². The van der Waals surface area contributed by atoms with Crippen LogP contribution in [-0.4, -0.2) is 27.5 Å². The van der Waals surface area contributed by atoms with Gasteiger partial charge in [0.05, 0.1) is 17.2 Å². The van der Waals surface area contributed by atoms with E-state index in [9.17, 15) is 13.2 Å². The van der Waals surface area contributed by atoms with E-state index in [-0.39, 0.29) is 18.0 Å². The zero-order chi connectivity index (χ0) is 23.1. The van der Waals surface area contributed by atoms with Crippen LogP contribution in [0.2, 0.25) is 5.02 Å². The number of hydrogen-bond acceptors (Lipinski definition) is 4. The molecule has 0 aliphatic rings. The predicted molar refractivity (Wildman–Crippen MR) is 127 cm³/mol. The number of carbonyl (C=O) groups is 1. The molecule has 0 fully saturated rings. The fourth-order valence-corrected chi connectivity index (χ4v) is 4.63. The van der Waals surface area contributed by atoms with Crippen LogP contribution in [0.15, 0.2) is 77.7 Å². The average Bonchev–Trinajstić information content (AvgIpc) is 2.77. The van der Waals surface area contributed by atoms with E-state index in [0.717, 1.165) is 21.2 Å². The third kappa shape index (κ3) is 6.02. The van der Waals surface area contributed by atoms with Crippen LogP contribution in [0.3, 0.4) is 0 Å². The number of benzene rings is 3. The van der Waals surface area contributed by atoms with Gasteiger partial charge in [-0.15, -0.1) is 0 Å². The Morgan fingerprint density at radius 1 is 1.03 bits per heavy atom. The number of rotatable bonds is 9. The van der Waals surface area contributed by atoms with Gasteiger partial charge in [-0.1, -0.05) is 35.9 Å². The maximum absolute atomic E-state index is 13.4. The van der Waals surface area contributed by atoms with Crippen molar-refractivity contribution in [2.75, 3.05) is 17.5 Å². The number of nitrogens with one attached hydrogen (secondary N) is 1. The predicted octanol–water partition coefficient (Wildman–Crippen LogP) is 4.56. The first-order chi connectivity index (χ1) is 15.3. The fourth-order valence-electron chi connectivity index (χ4n) is 3.09. The van der Waals surface area contributed by atoms with E-state index in [4.69, 9.17) is 16.3 Å². The van der Waals surface area contributed by atoms with E-state index in [2.05, 4.69) is 5.32 Å². The highest BCUT2D eigenvalue weighted by Gasteiger charge is 2.27. The minimum absolute atomic E-state index is 0.0581. The standard InChI is InChI=1S/C24H25ClN2O4S/c1-3-31-22-11-7-19(8-12-22)16-26-24(28)17-27(21-6-4-5-18(2)15-21)32(29,30)23-13-9-20(25)10-14-23/h4-15H,3,16-17H2,1-2H3,(H,26,28). The molecular formula is C24H25ClN2O4S. The summed E-state index contributed by atoms with van der Waals surface area (Å²) in [5.41, 5.74) is 2.18. The lowest BCUT2D eigenvalue weighted by molar-refractivity contribution is -0.119. The number of ether oxygens (including phenoxy) is 1. The summed E-state index contributed by atoms with van der Waals surface area (Å²) in [6.45, 7) is 4.26. The molecule has 0 saturated carbocycles. The third-order valence-corrected chi connectivity index (χ3v) is 6.74. The molecule has 0 aliphatic heterocycles. The number of hydrogen-bond donors (Lipinski definition) is 1. The van der Waals surface area contributed by atoms with Crippen LogP contribution in [0.1, 0.15) is 18.1 Å². The van der Waals surface area contributed by atoms with Crippen molar-refractivity contribution in [1.29, 1.82) is 0 Å². The van der Waals surface area contributed by atoms with Crippen molar-refractivity contribution in [2.24, 2.45) is 0 Å². The smallest absolute Gasteiger partial charge is 0.264 e. The van der Waals surface area contributed by atoms with Crippen molar-refractivity contribution >= 4 is 33.2 Å². The number of nitrogens with zero attached hydrogens (tertiary/aromatic N) is 1. The van der Waals surface area contributed by atoms with E-state index >= 15 is 0 Å². The fraction of sp³-hybridized carbons (Fsp3) is 0.208. The summed E-state index contributed by atoms with van der Waals surface area (Å²) in [5.74, 6) is 0.334. The van der Waals surface area contributed by atoms with Gasteiger partial charge in [-0.25, -0.2) is 8.42 Å². The molecule has 1 amide bonds. The van der Waals surface area contributed by atoms with Crippen LogP contribution in [0.4, 0.5) is 5.69 Å². The summed E-state index contributed by atoms with van der Waals surface area (Å²) >= 11 is 5.91. The summed E-state index contributed by atoms with van der Waals surface area (Å²) in [6, 6.07) is 20.3. The number of amides is 1. The van der Waals surface area contributed by atoms with Gasteiger partial charge in [0, 0.05) is 11.6 Å². The zero-order valence-corrected chi connectivity index (χ0v) is 19.5. The maximum Gasteiger partial charge on any atom is 0.264 e. The molecule has 0 atom stereocenters. The van der Waals surface area contributed by atoms with Crippen molar-refractivity contribution in [2.45, 2.75) is 25.3 Å². The Balaban J connectivity index is 1.79. The molecule has 0 saturated heterocycles. The number of carbonyl (C=O) groups excluding carboxylic acids is 1. The van der Waals surface area contributed by atoms with E-state index in [0.29, 0.717) is 17.3 Å². The molecule has 6 nitrogen and oxygen atoms in total. The lowest BCUT2D eigenvalue weighted by Gasteiger charge is -2.24. The summed E-state index contributed by atoms with van der Waals surface area (Å²) in [4.78, 5) is 12.8. The Morgan fingerprint density at radius 3 is 2.34 bits per heavy atom. The van der Waals surface area contributed by atoms with E-state index in [1.54, 1.807) is 18.2 Å². The van der Waals surface area contributed by atoms with Gasteiger partial charge in [0.15, 0.2) is 0 Å². The van der Waals surface area contributed by atoms with Crippen LogP contribution in [0.25, 0.3) is 0 Å². The highest BCUT2D eigenvalue weighted by molar-refractivity contribution is 7.92. The molecule has 0 spiro atoms. The topological polar surface area (TPSA) is 75.7 Å². The lowest BCUT2D eigenvalue weighted by atomic mass is 10.2. The van der Waals surface area contributed by atoms with Gasteiger partial charge in [-0.3, -0.25) is 9.10 Å². The number of halogens is 1. The van der Waals surface area contributed by atoms with E-state index < -0.39 is 15.9 Å². The summed E-state index contributed by atoms with van der Waals surface area (Å²) in [7, 11) is -3.98. The lowest BCUT2D eigenvalue weighted by Crippen LogP contribution is -2.40. The molecule has 0 aromatic heterocycles. The van der Waals surface area contributed by atoms with E-state index in [1.165, 1.54) is 24.3 Å². The molecule has 0 aliphatic carbocycles. The quantitative estimate of drug-likeness (QED) is 0.495. The summed E-state index contributed by atoms with van der Waals surface area (Å²) in [5, 5.41) is 3.22. The molecule has 0 bridgehead atoms. The minimum Gasteiger partial charge on any atom is -0.494 e. The molecule has 32 heavy (non-hydrogen) atoms. The molecule has 8 heteroatoms. The molecule has 0 heterocycles. The Kier molecular flexibility index (Phi) is 7.77. The van der Waals surface area contributed by atoms with Gasteiger partial charge in [0.25, 0.3) is 10.0 Å². The van der Waals surface area contributed by atoms with Gasteiger partial charge < -0.3 is 10.1 Å². The Morgan fingerprint density at radius 2 is 1.72 bits per heavy atom. The van der Waals surface area contributed by atoms with Gasteiger partial charge >= 0.3 is 0 Å². The monoisotopic (exact) mass is 472 g/mol. The average molecular weight is 473 g/mol. The first-order valence-electron chi connectivity index (χ1n) is 10.1. The number of aryl methyl sites for hydroxylation is 1. The highest BCUT2D eigenvalue weighted by Crippen LogP contribution is 2.25. The SMILES string of the molecule is CCOc1ccc(CNC(=O)CN(c2cccc(C)c2)S(=O)(=O)c2ccc(Cl)cc2)cc1. The summed E-state index contributed by atoms with van der Waals surface area (Å²) in [6.07, 6.45) is 0. The number of sulfonamides is 1. The second-order valence-corrected chi connectivity index (χ2v) is 9.46. The first kappa shape index (κ1) is 23.6. The van der Waals surface area contributed by atoms with Gasteiger partial charge in [0.1, 0.15) is 12.3 Å². The molecule has 0 radical (unpaired) electrons.